The zero-order valence-electron chi connectivity index (χ0n) is 18.8. The molecule has 0 saturated carbocycles. The largest absolute Gasteiger partial charge is 0.457 e. The second-order valence-electron chi connectivity index (χ2n) is 8.09. The normalized spacial score (nSPS) is 12.9. The lowest BCUT2D eigenvalue weighted by Gasteiger charge is -2.27. The van der Waals surface area contributed by atoms with Gasteiger partial charge in [-0.2, -0.15) is 13.2 Å². The SMILES string of the molecule is C=C1C=Cc2cc(C(=O)Nc3cccc(Oc4ccccc4)c3)[nH]c2N1c1ccc(C(F)(F)F)cc1. The second-order valence-corrected chi connectivity index (χ2v) is 8.09. The molecule has 1 aromatic heterocycles. The van der Waals surface area contributed by atoms with Gasteiger partial charge in [-0.3, -0.25) is 9.69 Å². The van der Waals surface area contributed by atoms with Crippen LogP contribution in [0, 0.1) is 0 Å². The number of amides is 1. The van der Waals surface area contributed by atoms with Crippen molar-refractivity contribution in [1.29, 1.82) is 0 Å². The van der Waals surface area contributed by atoms with Gasteiger partial charge in [0.2, 0.25) is 0 Å². The second kappa shape index (κ2) is 9.14. The smallest absolute Gasteiger partial charge is 0.416 e. The fraction of sp³-hybridized carbons (Fsp3) is 0.0357. The minimum atomic E-state index is -4.43. The summed E-state index contributed by atoms with van der Waals surface area (Å²) < 4.78 is 44.8. The summed E-state index contributed by atoms with van der Waals surface area (Å²) in [5.41, 5.74) is 1.81. The van der Waals surface area contributed by atoms with Crippen LogP contribution >= 0.6 is 0 Å². The van der Waals surface area contributed by atoms with E-state index >= 15 is 0 Å². The fourth-order valence-corrected chi connectivity index (χ4v) is 3.85. The third-order valence-corrected chi connectivity index (χ3v) is 5.56. The zero-order valence-corrected chi connectivity index (χ0v) is 18.8. The Morgan fingerprint density at radius 2 is 1.61 bits per heavy atom. The molecule has 180 valence electrons. The van der Waals surface area contributed by atoms with Gasteiger partial charge >= 0.3 is 6.18 Å². The van der Waals surface area contributed by atoms with Crippen molar-refractivity contribution < 1.29 is 22.7 Å². The first-order valence-corrected chi connectivity index (χ1v) is 11.0. The molecular weight excluding hydrogens is 467 g/mol. The molecule has 1 amide bonds. The number of ether oxygens (including phenoxy) is 1. The molecule has 8 heteroatoms. The predicted octanol–water partition coefficient (Wildman–Crippen LogP) is 7.76. The van der Waals surface area contributed by atoms with Gasteiger partial charge in [0, 0.05) is 28.7 Å². The maximum atomic E-state index is 13.0. The number of rotatable bonds is 5. The van der Waals surface area contributed by atoms with E-state index in [4.69, 9.17) is 4.74 Å². The Hall–Kier alpha value is -4.72. The van der Waals surface area contributed by atoms with Crippen LogP contribution in [-0.2, 0) is 6.18 Å². The number of halogens is 3. The van der Waals surface area contributed by atoms with Crippen molar-refractivity contribution >= 4 is 29.2 Å². The quantitative estimate of drug-likeness (QED) is 0.303. The minimum Gasteiger partial charge on any atom is -0.457 e. The van der Waals surface area contributed by atoms with E-state index in [1.807, 2.05) is 30.3 Å². The molecule has 0 bridgehead atoms. The maximum Gasteiger partial charge on any atom is 0.416 e. The number of benzene rings is 3. The molecule has 2 N–H and O–H groups in total. The highest BCUT2D eigenvalue weighted by atomic mass is 19.4. The third kappa shape index (κ3) is 4.74. The van der Waals surface area contributed by atoms with E-state index in [9.17, 15) is 18.0 Å². The number of H-pyrrole nitrogens is 1. The molecule has 5 nitrogen and oxygen atoms in total. The average Bonchev–Trinajstić information content (AvgIpc) is 3.29. The van der Waals surface area contributed by atoms with Crippen molar-refractivity contribution in [3.05, 3.63) is 120 Å². The summed E-state index contributed by atoms with van der Waals surface area (Å²) in [4.78, 5) is 17.8. The Morgan fingerprint density at radius 3 is 2.33 bits per heavy atom. The van der Waals surface area contributed by atoms with Gasteiger partial charge in [-0.25, -0.2) is 0 Å². The van der Waals surface area contributed by atoms with Crippen molar-refractivity contribution in [3.8, 4) is 11.5 Å². The van der Waals surface area contributed by atoms with Crippen LogP contribution in [-0.4, -0.2) is 10.9 Å². The van der Waals surface area contributed by atoms with Gasteiger partial charge in [-0.15, -0.1) is 0 Å². The summed E-state index contributed by atoms with van der Waals surface area (Å²) in [5, 5.41) is 2.84. The number of aromatic amines is 1. The van der Waals surface area contributed by atoms with Gasteiger partial charge in [0.15, 0.2) is 0 Å². The highest BCUT2D eigenvalue weighted by Gasteiger charge is 2.31. The van der Waals surface area contributed by atoms with E-state index in [0.717, 1.165) is 12.1 Å². The average molecular weight is 487 g/mol. The number of alkyl halides is 3. The molecule has 0 radical (unpaired) electrons. The summed E-state index contributed by atoms with van der Waals surface area (Å²) in [6, 6.07) is 22.7. The van der Waals surface area contributed by atoms with Crippen molar-refractivity contribution in [1.82, 2.24) is 4.98 Å². The van der Waals surface area contributed by atoms with Crippen molar-refractivity contribution in [2.75, 3.05) is 10.2 Å². The van der Waals surface area contributed by atoms with Gasteiger partial charge < -0.3 is 15.0 Å². The van der Waals surface area contributed by atoms with Gasteiger partial charge in [0.05, 0.1) is 5.56 Å². The van der Waals surface area contributed by atoms with Crippen LogP contribution in [0.2, 0.25) is 0 Å². The summed E-state index contributed by atoms with van der Waals surface area (Å²) in [5.74, 6) is 1.40. The summed E-state index contributed by atoms with van der Waals surface area (Å²) in [6.45, 7) is 3.99. The number of carbonyl (C=O) groups excluding carboxylic acids is 1. The molecule has 1 aliphatic rings. The molecule has 0 saturated heterocycles. The highest BCUT2D eigenvalue weighted by molar-refractivity contribution is 6.04. The van der Waals surface area contributed by atoms with Crippen LogP contribution in [0.1, 0.15) is 21.6 Å². The summed E-state index contributed by atoms with van der Waals surface area (Å²) >= 11 is 0. The zero-order chi connectivity index (χ0) is 25.3. The van der Waals surface area contributed by atoms with E-state index in [-0.39, 0.29) is 11.6 Å². The first-order chi connectivity index (χ1) is 17.3. The third-order valence-electron chi connectivity index (χ3n) is 5.56. The molecular formula is C28H20F3N3O2. The predicted molar refractivity (Wildman–Crippen MR) is 133 cm³/mol. The molecule has 4 aromatic rings. The van der Waals surface area contributed by atoms with E-state index in [1.165, 1.54) is 12.1 Å². The fourth-order valence-electron chi connectivity index (χ4n) is 3.85. The number of aromatic nitrogens is 1. The van der Waals surface area contributed by atoms with Gasteiger partial charge in [-0.1, -0.05) is 30.8 Å². The van der Waals surface area contributed by atoms with Crippen LogP contribution in [0.15, 0.2) is 103 Å². The number of allylic oxidation sites excluding steroid dienone is 1. The Balaban J connectivity index is 1.36. The van der Waals surface area contributed by atoms with Crippen LogP contribution in [0.4, 0.5) is 30.4 Å². The molecule has 5 rings (SSSR count). The molecule has 0 unspecified atom stereocenters. The number of fused-ring (bicyclic) bond motifs is 1. The Bertz CT molecular complexity index is 1460. The number of anilines is 3. The van der Waals surface area contributed by atoms with E-state index in [1.54, 1.807) is 47.4 Å². The monoisotopic (exact) mass is 487 g/mol. The Kier molecular flexibility index (Phi) is 5.85. The van der Waals surface area contributed by atoms with Gasteiger partial charge in [-0.05, 0) is 66.7 Å². The van der Waals surface area contributed by atoms with Crippen LogP contribution in [0.3, 0.4) is 0 Å². The lowest BCUT2D eigenvalue weighted by molar-refractivity contribution is -0.137. The molecule has 3 aromatic carbocycles. The molecule has 36 heavy (non-hydrogen) atoms. The number of nitrogens with zero attached hydrogens (tertiary/aromatic N) is 1. The number of nitrogens with one attached hydrogen (secondary N) is 2. The van der Waals surface area contributed by atoms with Crippen LogP contribution in [0.25, 0.3) is 6.08 Å². The van der Waals surface area contributed by atoms with E-state index < -0.39 is 11.7 Å². The Morgan fingerprint density at radius 1 is 0.889 bits per heavy atom. The number of carbonyl (C=O) groups is 1. The Labute approximate surface area is 205 Å². The molecule has 0 aliphatic carbocycles. The molecule has 0 fully saturated rings. The molecule has 2 heterocycles. The number of para-hydroxylation sites is 1. The minimum absolute atomic E-state index is 0.283. The molecule has 1 aliphatic heterocycles. The molecule has 0 spiro atoms. The van der Waals surface area contributed by atoms with Gasteiger partial charge in [0.25, 0.3) is 5.91 Å². The molecule has 0 atom stereocenters. The van der Waals surface area contributed by atoms with Crippen LogP contribution in [0.5, 0.6) is 11.5 Å². The first-order valence-electron chi connectivity index (χ1n) is 11.0. The van der Waals surface area contributed by atoms with E-state index in [0.29, 0.717) is 40.0 Å². The number of hydrogen-bond acceptors (Lipinski definition) is 3. The highest BCUT2D eigenvalue weighted by Crippen LogP contribution is 2.38. The van der Waals surface area contributed by atoms with Gasteiger partial charge in [0.1, 0.15) is 23.0 Å². The lowest BCUT2D eigenvalue weighted by atomic mass is 10.1. The topological polar surface area (TPSA) is 57.4 Å². The number of hydrogen-bond donors (Lipinski definition) is 2. The lowest BCUT2D eigenvalue weighted by Crippen LogP contribution is -2.18. The maximum absolute atomic E-state index is 13.0. The van der Waals surface area contributed by atoms with E-state index in [2.05, 4.69) is 16.9 Å². The first kappa shape index (κ1) is 23.0. The van der Waals surface area contributed by atoms with Crippen molar-refractivity contribution in [3.63, 3.8) is 0 Å². The summed E-state index contributed by atoms with van der Waals surface area (Å²) in [6.07, 6.45) is -0.899. The van der Waals surface area contributed by atoms with Crippen molar-refractivity contribution in [2.24, 2.45) is 0 Å². The van der Waals surface area contributed by atoms with Crippen molar-refractivity contribution in [2.45, 2.75) is 6.18 Å². The standard InChI is InChI=1S/C28H20F3N3O2/c1-18-10-11-19-16-25(33-26(19)34(18)22-14-12-20(13-15-22)28(29,30)31)27(35)32-21-6-5-9-24(17-21)36-23-7-3-2-4-8-23/h2-17,33H,1H2,(H,32,35). The summed E-state index contributed by atoms with van der Waals surface area (Å²) in [7, 11) is 0. The van der Waals surface area contributed by atoms with Crippen LogP contribution < -0.4 is 15.0 Å².